The number of nitrogens with one attached hydrogen (secondary N) is 1. The predicted octanol–water partition coefficient (Wildman–Crippen LogP) is 1.17. The molecule has 0 aliphatic carbocycles. The fourth-order valence-corrected chi connectivity index (χ4v) is 2.41. The number of rotatable bonds is 4. The van der Waals surface area contributed by atoms with Crippen LogP contribution in [0, 0.1) is 5.41 Å². The minimum Gasteiger partial charge on any atom is -0.375 e. The van der Waals surface area contributed by atoms with E-state index in [1.807, 2.05) is 25.7 Å². The van der Waals surface area contributed by atoms with Gasteiger partial charge in [-0.25, -0.2) is 0 Å². The number of likely N-dealkylation sites (tertiary alicyclic amines) is 1. The Kier molecular flexibility index (Phi) is 5.35. The molecule has 1 fully saturated rings. The number of nitrogens with zero attached hydrogens (tertiary/aromatic N) is 1. The Morgan fingerprint density at radius 3 is 2.47 bits per heavy atom. The summed E-state index contributed by atoms with van der Waals surface area (Å²) in [5.41, 5.74) is -0.317. The zero-order chi connectivity index (χ0) is 14.6. The lowest BCUT2D eigenvalue weighted by molar-refractivity contribution is -0.140. The monoisotopic (exact) mass is 270 g/mol. The smallest absolute Gasteiger partial charge is 0.246 e. The standard InChI is InChI=1S/C14H26N2O3/c1-10-7-6-8-16(10)13(18)12(14(2,3)4)15-11(17)9-19-5/h10,12H,6-9H2,1-5H3,(H,15,17). The molecule has 2 atom stereocenters. The molecule has 2 amide bonds. The molecule has 1 aliphatic heterocycles. The van der Waals surface area contributed by atoms with Crippen molar-refractivity contribution in [2.24, 2.45) is 5.41 Å². The average Bonchev–Trinajstić information content (AvgIpc) is 2.70. The third-order valence-electron chi connectivity index (χ3n) is 3.53. The normalized spacial score (nSPS) is 21.3. The number of ether oxygens (including phenoxy) is 1. The van der Waals surface area contributed by atoms with Crippen LogP contribution in [0.4, 0.5) is 0 Å². The van der Waals surface area contributed by atoms with Gasteiger partial charge >= 0.3 is 0 Å². The number of hydrogen-bond acceptors (Lipinski definition) is 3. The first-order chi connectivity index (χ1) is 8.77. The molecular weight excluding hydrogens is 244 g/mol. The third-order valence-corrected chi connectivity index (χ3v) is 3.53. The van der Waals surface area contributed by atoms with E-state index in [0.717, 1.165) is 19.4 Å². The van der Waals surface area contributed by atoms with Crippen molar-refractivity contribution in [2.45, 2.75) is 52.6 Å². The van der Waals surface area contributed by atoms with Gasteiger partial charge in [0.05, 0.1) is 0 Å². The van der Waals surface area contributed by atoms with Crippen LogP contribution in [0.3, 0.4) is 0 Å². The lowest BCUT2D eigenvalue weighted by Gasteiger charge is -2.35. The predicted molar refractivity (Wildman–Crippen MR) is 73.7 cm³/mol. The summed E-state index contributed by atoms with van der Waals surface area (Å²) in [5.74, 6) is -0.232. The molecule has 1 aliphatic rings. The molecule has 2 unspecified atom stereocenters. The highest BCUT2D eigenvalue weighted by molar-refractivity contribution is 5.89. The van der Waals surface area contributed by atoms with Crippen LogP contribution >= 0.6 is 0 Å². The molecule has 110 valence electrons. The summed E-state index contributed by atoms with van der Waals surface area (Å²) in [5, 5.41) is 2.80. The molecule has 0 aromatic carbocycles. The van der Waals surface area contributed by atoms with Gasteiger partial charge in [0.2, 0.25) is 11.8 Å². The van der Waals surface area contributed by atoms with Crippen molar-refractivity contribution < 1.29 is 14.3 Å². The number of hydrogen-bond donors (Lipinski definition) is 1. The van der Waals surface area contributed by atoms with Crippen molar-refractivity contribution >= 4 is 11.8 Å². The van der Waals surface area contributed by atoms with E-state index >= 15 is 0 Å². The van der Waals surface area contributed by atoms with Crippen LogP contribution in [-0.4, -0.2) is 49.1 Å². The van der Waals surface area contributed by atoms with Crippen LogP contribution in [0.25, 0.3) is 0 Å². The quantitative estimate of drug-likeness (QED) is 0.834. The molecule has 5 nitrogen and oxygen atoms in total. The number of amides is 2. The van der Waals surface area contributed by atoms with Crippen molar-refractivity contribution in [1.82, 2.24) is 10.2 Å². The fraction of sp³-hybridized carbons (Fsp3) is 0.857. The molecule has 5 heteroatoms. The highest BCUT2D eigenvalue weighted by atomic mass is 16.5. The van der Waals surface area contributed by atoms with Crippen molar-refractivity contribution in [3.8, 4) is 0 Å². The van der Waals surface area contributed by atoms with Crippen molar-refractivity contribution in [2.75, 3.05) is 20.3 Å². The summed E-state index contributed by atoms with van der Waals surface area (Å²) in [6.45, 7) is 8.71. The van der Waals surface area contributed by atoms with Gasteiger partial charge in [-0.3, -0.25) is 9.59 Å². The Bertz CT molecular complexity index is 336. The first-order valence-electron chi connectivity index (χ1n) is 6.86. The minimum atomic E-state index is -0.504. The van der Waals surface area contributed by atoms with Gasteiger partial charge in [-0.15, -0.1) is 0 Å². The highest BCUT2D eigenvalue weighted by Gasteiger charge is 2.38. The zero-order valence-electron chi connectivity index (χ0n) is 12.7. The van der Waals surface area contributed by atoms with E-state index in [-0.39, 0.29) is 29.9 Å². The van der Waals surface area contributed by atoms with E-state index in [2.05, 4.69) is 12.2 Å². The molecule has 1 N–H and O–H groups in total. The SMILES string of the molecule is COCC(=O)NC(C(=O)N1CCCC1C)C(C)(C)C. The lowest BCUT2D eigenvalue weighted by atomic mass is 9.85. The van der Waals surface area contributed by atoms with E-state index in [9.17, 15) is 9.59 Å². The fourth-order valence-electron chi connectivity index (χ4n) is 2.41. The molecule has 0 saturated carbocycles. The third kappa shape index (κ3) is 4.20. The summed E-state index contributed by atoms with van der Waals surface area (Å²) in [6, 6.07) is -0.243. The van der Waals surface area contributed by atoms with Gasteiger partial charge in [0.1, 0.15) is 12.6 Å². The summed E-state index contributed by atoms with van der Waals surface area (Å²) in [4.78, 5) is 26.2. The maximum atomic E-state index is 12.6. The molecule has 1 rings (SSSR count). The van der Waals surface area contributed by atoms with Crippen LogP contribution in [0.15, 0.2) is 0 Å². The van der Waals surface area contributed by atoms with Gasteiger partial charge in [-0.1, -0.05) is 20.8 Å². The molecule has 0 aromatic rings. The Morgan fingerprint density at radius 1 is 1.42 bits per heavy atom. The van der Waals surface area contributed by atoms with Crippen molar-refractivity contribution in [3.63, 3.8) is 0 Å². The zero-order valence-corrected chi connectivity index (χ0v) is 12.7. The van der Waals surface area contributed by atoms with E-state index < -0.39 is 6.04 Å². The minimum absolute atomic E-state index is 0.0157. The van der Waals surface area contributed by atoms with Crippen LogP contribution < -0.4 is 5.32 Å². The van der Waals surface area contributed by atoms with Gasteiger partial charge in [-0.05, 0) is 25.2 Å². The first kappa shape index (κ1) is 16.0. The molecule has 0 radical (unpaired) electrons. The molecule has 1 heterocycles. The van der Waals surface area contributed by atoms with Crippen molar-refractivity contribution in [3.05, 3.63) is 0 Å². The largest absolute Gasteiger partial charge is 0.375 e. The van der Waals surface area contributed by atoms with E-state index in [1.165, 1.54) is 7.11 Å². The highest BCUT2D eigenvalue weighted by Crippen LogP contribution is 2.25. The van der Waals surface area contributed by atoms with E-state index in [1.54, 1.807) is 0 Å². The van der Waals surface area contributed by atoms with E-state index in [4.69, 9.17) is 4.74 Å². The van der Waals surface area contributed by atoms with Crippen LogP contribution in [0.2, 0.25) is 0 Å². The molecule has 1 saturated heterocycles. The average molecular weight is 270 g/mol. The lowest BCUT2D eigenvalue weighted by Crippen LogP contribution is -2.55. The Morgan fingerprint density at radius 2 is 2.05 bits per heavy atom. The summed E-state index contributed by atoms with van der Waals surface area (Å²) in [6.07, 6.45) is 2.07. The van der Waals surface area contributed by atoms with Gasteiger partial charge in [0, 0.05) is 19.7 Å². The van der Waals surface area contributed by atoms with Crippen molar-refractivity contribution in [1.29, 1.82) is 0 Å². The summed E-state index contributed by atoms with van der Waals surface area (Å²) in [7, 11) is 1.47. The van der Waals surface area contributed by atoms with Crippen LogP contribution in [0.1, 0.15) is 40.5 Å². The second kappa shape index (κ2) is 6.37. The van der Waals surface area contributed by atoms with E-state index in [0.29, 0.717) is 0 Å². The molecule has 19 heavy (non-hydrogen) atoms. The topological polar surface area (TPSA) is 58.6 Å². The van der Waals surface area contributed by atoms with Gasteiger partial charge < -0.3 is 15.0 Å². The van der Waals surface area contributed by atoms with Gasteiger partial charge in [0.25, 0.3) is 0 Å². The van der Waals surface area contributed by atoms with Crippen LogP contribution in [-0.2, 0) is 14.3 Å². The Labute approximate surface area is 115 Å². The Balaban J connectivity index is 2.79. The second-order valence-corrected chi connectivity index (χ2v) is 6.32. The number of carbonyl (C=O) groups is 2. The Hall–Kier alpha value is -1.10. The molecule has 0 aromatic heterocycles. The molecule has 0 spiro atoms. The summed E-state index contributed by atoms with van der Waals surface area (Å²) >= 11 is 0. The molecular formula is C14H26N2O3. The maximum Gasteiger partial charge on any atom is 0.246 e. The molecule has 0 bridgehead atoms. The van der Waals surface area contributed by atoms with Gasteiger partial charge in [-0.2, -0.15) is 0 Å². The summed E-state index contributed by atoms with van der Waals surface area (Å²) < 4.78 is 4.81. The maximum absolute atomic E-state index is 12.6. The first-order valence-corrected chi connectivity index (χ1v) is 6.86. The number of carbonyl (C=O) groups excluding carboxylic acids is 2. The second-order valence-electron chi connectivity index (χ2n) is 6.32. The van der Waals surface area contributed by atoms with Crippen LogP contribution in [0.5, 0.6) is 0 Å². The number of methoxy groups -OCH3 is 1. The van der Waals surface area contributed by atoms with Gasteiger partial charge in [0.15, 0.2) is 0 Å².